The SMILES string of the molecule is Cc1c(OCCN2CCCC2)ccc2cc(-c3c[nH]c4ccccc34)c(=O)[nH]c12.Cl. The van der Waals surface area contributed by atoms with Crippen molar-refractivity contribution >= 4 is 34.2 Å². The number of benzene rings is 2. The summed E-state index contributed by atoms with van der Waals surface area (Å²) >= 11 is 0. The Morgan fingerprint density at radius 1 is 1.07 bits per heavy atom. The molecule has 0 bridgehead atoms. The molecule has 0 amide bonds. The summed E-state index contributed by atoms with van der Waals surface area (Å²) in [7, 11) is 0. The van der Waals surface area contributed by atoms with Gasteiger partial charge in [-0.3, -0.25) is 9.69 Å². The number of pyridine rings is 1. The first-order valence-corrected chi connectivity index (χ1v) is 10.3. The van der Waals surface area contributed by atoms with Gasteiger partial charge in [-0.15, -0.1) is 12.4 Å². The topological polar surface area (TPSA) is 61.1 Å². The molecule has 2 N–H and O–H groups in total. The van der Waals surface area contributed by atoms with Crippen LogP contribution in [-0.4, -0.2) is 41.1 Å². The first kappa shape index (κ1) is 20.5. The third-order valence-electron chi connectivity index (χ3n) is 5.97. The summed E-state index contributed by atoms with van der Waals surface area (Å²) in [6, 6.07) is 14.1. The zero-order valence-corrected chi connectivity index (χ0v) is 17.8. The zero-order chi connectivity index (χ0) is 19.8. The molecule has 1 aliphatic heterocycles. The molecule has 156 valence electrons. The number of nitrogens with zero attached hydrogens (tertiary/aromatic N) is 1. The van der Waals surface area contributed by atoms with Gasteiger partial charge in [0.05, 0.1) is 5.52 Å². The molecule has 30 heavy (non-hydrogen) atoms. The molecule has 1 fully saturated rings. The first-order chi connectivity index (χ1) is 14.2. The Morgan fingerprint density at radius 2 is 1.87 bits per heavy atom. The van der Waals surface area contributed by atoms with Gasteiger partial charge in [-0.05, 0) is 62.5 Å². The predicted octanol–water partition coefficient (Wildman–Crippen LogP) is 4.88. The third-order valence-corrected chi connectivity index (χ3v) is 5.97. The molecule has 2 aromatic heterocycles. The lowest BCUT2D eigenvalue weighted by atomic mass is 10.0. The Hall–Kier alpha value is -2.76. The molecule has 4 aromatic rings. The van der Waals surface area contributed by atoms with Crippen LogP contribution in [0.25, 0.3) is 32.9 Å². The predicted molar refractivity (Wildman–Crippen MR) is 125 cm³/mol. The molecule has 2 aromatic carbocycles. The lowest BCUT2D eigenvalue weighted by molar-refractivity contribution is 0.237. The molecule has 3 heterocycles. The Labute approximate surface area is 181 Å². The van der Waals surface area contributed by atoms with Gasteiger partial charge >= 0.3 is 0 Å². The summed E-state index contributed by atoms with van der Waals surface area (Å²) in [5.41, 5.74) is 4.37. The molecule has 0 unspecified atom stereocenters. The Kier molecular flexibility index (Phi) is 5.84. The second kappa shape index (κ2) is 8.54. The smallest absolute Gasteiger partial charge is 0.256 e. The van der Waals surface area contributed by atoms with Crippen LogP contribution in [0.2, 0.25) is 0 Å². The van der Waals surface area contributed by atoms with Crippen molar-refractivity contribution in [1.82, 2.24) is 14.9 Å². The van der Waals surface area contributed by atoms with Crippen molar-refractivity contribution in [2.75, 3.05) is 26.2 Å². The minimum Gasteiger partial charge on any atom is -0.492 e. The number of nitrogens with one attached hydrogen (secondary N) is 2. The van der Waals surface area contributed by atoms with Crippen molar-refractivity contribution < 1.29 is 4.74 Å². The fourth-order valence-electron chi connectivity index (χ4n) is 4.34. The summed E-state index contributed by atoms with van der Waals surface area (Å²) in [6.07, 6.45) is 4.48. The number of halogens is 1. The van der Waals surface area contributed by atoms with E-state index in [2.05, 4.69) is 14.9 Å². The average Bonchev–Trinajstić information content (AvgIpc) is 3.40. The second-order valence-corrected chi connectivity index (χ2v) is 7.81. The van der Waals surface area contributed by atoms with E-state index in [1.165, 1.54) is 25.9 Å². The quantitative estimate of drug-likeness (QED) is 0.481. The van der Waals surface area contributed by atoms with Crippen molar-refractivity contribution in [1.29, 1.82) is 0 Å². The van der Waals surface area contributed by atoms with Gasteiger partial charge in [-0.2, -0.15) is 0 Å². The lowest BCUT2D eigenvalue weighted by Gasteiger charge is -2.16. The number of hydrogen-bond donors (Lipinski definition) is 2. The van der Waals surface area contributed by atoms with Crippen molar-refractivity contribution in [3.63, 3.8) is 0 Å². The summed E-state index contributed by atoms with van der Waals surface area (Å²) < 4.78 is 6.04. The van der Waals surface area contributed by atoms with E-state index in [1.54, 1.807) is 0 Å². The van der Waals surface area contributed by atoms with E-state index in [0.29, 0.717) is 12.2 Å². The van der Waals surface area contributed by atoms with E-state index in [4.69, 9.17) is 4.74 Å². The van der Waals surface area contributed by atoms with E-state index >= 15 is 0 Å². The van der Waals surface area contributed by atoms with Crippen LogP contribution in [0.4, 0.5) is 0 Å². The molecule has 6 heteroatoms. The molecule has 0 saturated carbocycles. The molecule has 5 rings (SSSR count). The summed E-state index contributed by atoms with van der Waals surface area (Å²) in [5.74, 6) is 0.840. The first-order valence-electron chi connectivity index (χ1n) is 10.3. The zero-order valence-electron chi connectivity index (χ0n) is 17.0. The van der Waals surface area contributed by atoms with Crippen LogP contribution < -0.4 is 10.3 Å². The molecule has 0 spiro atoms. The highest BCUT2D eigenvalue weighted by Crippen LogP contribution is 2.30. The van der Waals surface area contributed by atoms with Crippen molar-refractivity contribution in [3.8, 4) is 16.9 Å². The van der Waals surface area contributed by atoms with E-state index in [9.17, 15) is 4.79 Å². The monoisotopic (exact) mass is 423 g/mol. The highest BCUT2D eigenvalue weighted by molar-refractivity contribution is 5.97. The number of aromatic nitrogens is 2. The highest BCUT2D eigenvalue weighted by Gasteiger charge is 2.14. The molecule has 0 atom stereocenters. The summed E-state index contributed by atoms with van der Waals surface area (Å²) in [6.45, 7) is 5.97. The van der Waals surface area contributed by atoms with Gasteiger partial charge in [0.2, 0.25) is 0 Å². The largest absolute Gasteiger partial charge is 0.492 e. The van der Waals surface area contributed by atoms with E-state index in [-0.39, 0.29) is 18.0 Å². The highest BCUT2D eigenvalue weighted by atomic mass is 35.5. The van der Waals surface area contributed by atoms with Crippen molar-refractivity contribution in [2.24, 2.45) is 0 Å². The Balaban J connectivity index is 0.00000218. The number of fused-ring (bicyclic) bond motifs is 2. The van der Waals surface area contributed by atoms with Gasteiger partial charge in [0, 0.05) is 40.3 Å². The summed E-state index contributed by atoms with van der Waals surface area (Å²) in [4.78, 5) is 21.7. The molecular formula is C24H26ClN3O2. The minimum absolute atomic E-state index is 0. The Morgan fingerprint density at radius 3 is 2.70 bits per heavy atom. The molecule has 5 nitrogen and oxygen atoms in total. The number of para-hydroxylation sites is 1. The van der Waals surface area contributed by atoms with Crippen LogP contribution in [0.1, 0.15) is 18.4 Å². The number of aryl methyl sites for hydroxylation is 1. The van der Waals surface area contributed by atoms with Gasteiger partial charge in [0.25, 0.3) is 5.56 Å². The van der Waals surface area contributed by atoms with Crippen LogP contribution in [0.15, 0.2) is 53.5 Å². The summed E-state index contributed by atoms with van der Waals surface area (Å²) in [5, 5.41) is 2.06. The van der Waals surface area contributed by atoms with Crippen LogP contribution in [0.5, 0.6) is 5.75 Å². The van der Waals surface area contributed by atoms with Gasteiger partial charge in [0.1, 0.15) is 12.4 Å². The number of ether oxygens (including phenoxy) is 1. The molecular weight excluding hydrogens is 398 g/mol. The fraction of sp³-hybridized carbons (Fsp3) is 0.292. The van der Waals surface area contributed by atoms with Crippen LogP contribution in [-0.2, 0) is 0 Å². The normalized spacial score (nSPS) is 14.3. The molecule has 0 radical (unpaired) electrons. The average molecular weight is 424 g/mol. The maximum Gasteiger partial charge on any atom is 0.256 e. The van der Waals surface area contributed by atoms with Gasteiger partial charge in [-0.1, -0.05) is 18.2 Å². The van der Waals surface area contributed by atoms with Gasteiger partial charge in [0.15, 0.2) is 0 Å². The molecule has 0 aliphatic carbocycles. The number of likely N-dealkylation sites (tertiary alicyclic amines) is 1. The number of hydrogen-bond acceptors (Lipinski definition) is 3. The van der Waals surface area contributed by atoms with E-state index in [1.807, 2.05) is 55.6 Å². The van der Waals surface area contributed by atoms with Crippen LogP contribution in [0.3, 0.4) is 0 Å². The number of aromatic amines is 2. The Bertz CT molecular complexity index is 1240. The second-order valence-electron chi connectivity index (χ2n) is 7.81. The minimum atomic E-state index is -0.0837. The maximum absolute atomic E-state index is 12.9. The van der Waals surface area contributed by atoms with E-state index in [0.717, 1.165) is 45.2 Å². The molecule has 1 aliphatic rings. The standard InChI is InChI=1S/C24H25N3O2.ClH/c1-16-22(29-13-12-27-10-4-5-11-27)9-8-17-14-19(24(28)26-23(16)17)20-15-25-21-7-3-2-6-18(20)21;/h2-3,6-9,14-15,25H,4-5,10-13H2,1H3,(H,26,28);1H. The van der Waals surface area contributed by atoms with Crippen molar-refractivity contribution in [2.45, 2.75) is 19.8 Å². The fourth-order valence-corrected chi connectivity index (χ4v) is 4.34. The van der Waals surface area contributed by atoms with Gasteiger partial charge in [-0.25, -0.2) is 0 Å². The lowest BCUT2D eigenvalue weighted by Crippen LogP contribution is -2.25. The van der Waals surface area contributed by atoms with Gasteiger partial charge < -0.3 is 14.7 Å². The van der Waals surface area contributed by atoms with Crippen LogP contribution in [0, 0.1) is 6.92 Å². The number of rotatable bonds is 5. The van der Waals surface area contributed by atoms with E-state index < -0.39 is 0 Å². The van der Waals surface area contributed by atoms with Crippen LogP contribution >= 0.6 is 12.4 Å². The van der Waals surface area contributed by atoms with Crippen molar-refractivity contribution in [3.05, 3.63) is 64.6 Å². The molecule has 1 saturated heterocycles. The maximum atomic E-state index is 12.9. The third kappa shape index (κ3) is 3.71. The number of H-pyrrole nitrogens is 2.